The van der Waals surface area contributed by atoms with Gasteiger partial charge in [0, 0.05) is 23.9 Å². The van der Waals surface area contributed by atoms with Gasteiger partial charge in [0.25, 0.3) is 0 Å². The molecule has 0 bridgehead atoms. The van der Waals surface area contributed by atoms with Gasteiger partial charge in [-0.2, -0.15) is 0 Å². The van der Waals surface area contributed by atoms with Gasteiger partial charge in [0.05, 0.1) is 24.8 Å². The third kappa shape index (κ3) is 6.69. The molecule has 0 aliphatic carbocycles. The number of rotatable bonds is 9. The Morgan fingerprint density at radius 2 is 1.97 bits per heavy atom. The van der Waals surface area contributed by atoms with E-state index in [1.165, 1.54) is 25.8 Å². The minimum absolute atomic E-state index is 0.0536. The second-order valence-corrected chi connectivity index (χ2v) is 10.1. The molecule has 4 N–H and O–H groups in total. The number of nitrogens with two attached hydrogens (primary N) is 1. The molecule has 1 aromatic carbocycles. The molecule has 1 amide bonds. The Kier molecular flexibility index (Phi) is 8.50. The average molecular weight is 453 g/mol. The molecule has 8 nitrogen and oxygen atoms in total. The molecule has 0 fully saturated rings. The normalized spacial score (nSPS) is 19.2. The van der Waals surface area contributed by atoms with E-state index in [0.29, 0.717) is 6.42 Å². The average Bonchev–Trinajstić information content (AvgIpc) is 2.71. The van der Waals surface area contributed by atoms with Gasteiger partial charge in [-0.3, -0.25) is 14.4 Å². The number of nitrogens with zero attached hydrogens (tertiary/aromatic N) is 1. The number of hydrogen-bond acceptors (Lipinski definition) is 7. The quantitative estimate of drug-likeness (QED) is 0.487. The number of fused-ring (bicyclic) bond motifs is 1. The van der Waals surface area contributed by atoms with Crippen molar-refractivity contribution in [1.82, 2.24) is 0 Å². The monoisotopic (exact) mass is 452 g/mol. The topological polar surface area (TPSA) is 130 Å². The smallest absolute Gasteiger partial charge is 0.321 e. The molecule has 4 atom stereocenters. The molecule has 172 valence electrons. The lowest BCUT2D eigenvalue weighted by Gasteiger charge is -2.36. The first-order valence-corrected chi connectivity index (χ1v) is 11.1. The molecule has 1 aliphatic heterocycles. The maximum Gasteiger partial charge on any atom is 0.321 e. The zero-order valence-corrected chi connectivity index (χ0v) is 19.2. The van der Waals surface area contributed by atoms with Crippen LogP contribution in [-0.4, -0.2) is 59.1 Å². The number of carbonyl (C=O) groups is 3. The molecule has 0 spiro atoms. The number of carboxylic acids is 1. The Balaban J connectivity index is 2.09. The molecule has 0 aromatic heterocycles. The number of amides is 1. The van der Waals surface area contributed by atoms with Gasteiger partial charge in [-0.25, -0.2) is 0 Å². The van der Waals surface area contributed by atoms with Crippen LogP contribution in [0, 0.1) is 11.3 Å². The molecule has 0 unspecified atom stereocenters. The maximum atomic E-state index is 13.2. The minimum Gasteiger partial charge on any atom is -0.481 e. The number of esters is 1. The number of aliphatic carboxylic acids is 1. The summed E-state index contributed by atoms with van der Waals surface area (Å²) in [6.07, 6.45) is -0.416. The van der Waals surface area contributed by atoms with Crippen molar-refractivity contribution in [3.05, 3.63) is 24.3 Å². The number of methoxy groups -OCH3 is 1. The van der Waals surface area contributed by atoms with Crippen LogP contribution in [0.25, 0.3) is 0 Å². The predicted molar refractivity (Wildman–Crippen MR) is 119 cm³/mol. The van der Waals surface area contributed by atoms with Crippen LogP contribution in [0.2, 0.25) is 0 Å². The lowest BCUT2D eigenvalue weighted by Crippen LogP contribution is -2.45. The highest BCUT2D eigenvalue weighted by Crippen LogP contribution is 2.40. The highest BCUT2D eigenvalue weighted by atomic mass is 32.2. The molecule has 1 aliphatic rings. The molecule has 0 saturated carbocycles. The van der Waals surface area contributed by atoms with Crippen molar-refractivity contribution in [3.8, 4) is 0 Å². The van der Waals surface area contributed by atoms with Crippen LogP contribution < -0.4 is 10.6 Å². The van der Waals surface area contributed by atoms with Crippen molar-refractivity contribution in [2.24, 2.45) is 17.1 Å². The number of thioether (sulfide) groups is 1. The lowest BCUT2D eigenvalue weighted by atomic mass is 9.80. The minimum atomic E-state index is -0.984. The van der Waals surface area contributed by atoms with E-state index in [1.54, 1.807) is 4.90 Å². The van der Waals surface area contributed by atoms with Gasteiger partial charge in [-0.05, 0) is 30.4 Å². The van der Waals surface area contributed by atoms with Crippen molar-refractivity contribution in [2.75, 3.05) is 18.6 Å². The number of aliphatic hydroxyl groups excluding tert-OH is 1. The van der Waals surface area contributed by atoms with Crippen LogP contribution >= 0.6 is 11.8 Å². The highest BCUT2D eigenvalue weighted by molar-refractivity contribution is 8.00. The Labute approximate surface area is 187 Å². The fourth-order valence-corrected chi connectivity index (χ4v) is 4.89. The molecule has 31 heavy (non-hydrogen) atoms. The number of carbonyl (C=O) groups excluding carboxylic acids is 2. The Bertz CT molecular complexity index is 815. The van der Waals surface area contributed by atoms with E-state index < -0.39 is 34.7 Å². The lowest BCUT2D eigenvalue weighted by molar-refractivity contribution is -0.142. The van der Waals surface area contributed by atoms with Crippen molar-refractivity contribution in [2.45, 2.75) is 62.3 Å². The van der Waals surface area contributed by atoms with Gasteiger partial charge >= 0.3 is 11.9 Å². The molecular weight excluding hydrogens is 420 g/mol. The van der Waals surface area contributed by atoms with E-state index in [0.717, 1.165) is 10.6 Å². The summed E-state index contributed by atoms with van der Waals surface area (Å²) < 4.78 is 4.88. The Morgan fingerprint density at radius 1 is 1.32 bits per heavy atom. The van der Waals surface area contributed by atoms with Gasteiger partial charge in [-0.15, -0.1) is 11.8 Å². The number of benzene rings is 1. The van der Waals surface area contributed by atoms with Crippen LogP contribution in [0.4, 0.5) is 5.69 Å². The van der Waals surface area contributed by atoms with Crippen LogP contribution in [0.15, 0.2) is 29.2 Å². The fraction of sp³-hybridized carbons (Fsp3) is 0.591. The number of carboxylic acid groups (broad SMARTS) is 1. The van der Waals surface area contributed by atoms with Gasteiger partial charge in [0.2, 0.25) is 5.91 Å². The van der Waals surface area contributed by atoms with E-state index in [9.17, 15) is 19.5 Å². The second kappa shape index (κ2) is 10.5. The molecular formula is C22H32N2O6S. The number of hydrogen-bond donors (Lipinski definition) is 3. The SMILES string of the molecule is COC(=O)[C@H]1CN(C(=O)CC(C)(C)C[C@H](N)[C@@H](O)C[C@@H](C)C(=O)O)c2ccccc2S1. The third-order valence-electron chi connectivity index (χ3n) is 5.47. The van der Waals surface area contributed by atoms with E-state index in [1.807, 2.05) is 38.1 Å². The number of aliphatic hydroxyl groups is 1. The Morgan fingerprint density at radius 3 is 2.58 bits per heavy atom. The maximum absolute atomic E-state index is 13.2. The first-order valence-electron chi connectivity index (χ1n) is 10.3. The summed E-state index contributed by atoms with van der Waals surface area (Å²) in [5.74, 6) is -2.22. The summed E-state index contributed by atoms with van der Waals surface area (Å²) in [6.45, 7) is 5.52. The largest absolute Gasteiger partial charge is 0.481 e. The standard InChI is InChI=1S/C22H32N2O6S/c1-13(20(27)28)9-16(25)14(23)10-22(2,3)11-19(26)24-12-18(21(29)30-4)31-17-8-6-5-7-15(17)24/h5-8,13-14,16,18,25H,9-12,23H2,1-4H3,(H,27,28)/t13-,14+,16+,18-/m1/s1. The molecule has 1 aromatic rings. The van der Waals surface area contributed by atoms with Crippen molar-refractivity contribution in [3.63, 3.8) is 0 Å². The summed E-state index contributed by atoms with van der Waals surface area (Å²) in [6, 6.07) is 6.77. The second-order valence-electron chi connectivity index (χ2n) is 8.85. The summed E-state index contributed by atoms with van der Waals surface area (Å²) in [4.78, 5) is 38.8. The molecule has 0 radical (unpaired) electrons. The molecule has 9 heteroatoms. The zero-order chi connectivity index (χ0) is 23.3. The summed E-state index contributed by atoms with van der Waals surface area (Å²) in [5.41, 5.74) is 6.35. The van der Waals surface area contributed by atoms with Crippen molar-refractivity contribution in [1.29, 1.82) is 0 Å². The van der Waals surface area contributed by atoms with E-state index >= 15 is 0 Å². The zero-order valence-electron chi connectivity index (χ0n) is 18.4. The van der Waals surface area contributed by atoms with Crippen LogP contribution in [-0.2, 0) is 19.1 Å². The van der Waals surface area contributed by atoms with Crippen LogP contribution in [0.5, 0.6) is 0 Å². The van der Waals surface area contributed by atoms with Crippen molar-refractivity contribution < 1.29 is 29.3 Å². The van der Waals surface area contributed by atoms with Crippen molar-refractivity contribution >= 4 is 35.3 Å². The molecule has 1 heterocycles. The van der Waals surface area contributed by atoms with E-state index in [-0.39, 0.29) is 31.3 Å². The number of para-hydroxylation sites is 1. The van der Waals surface area contributed by atoms with Gasteiger partial charge in [0.15, 0.2) is 0 Å². The molecule has 2 rings (SSSR count). The van der Waals surface area contributed by atoms with Gasteiger partial charge < -0.3 is 25.6 Å². The van der Waals surface area contributed by atoms with E-state index in [2.05, 4.69) is 0 Å². The summed E-state index contributed by atoms with van der Waals surface area (Å²) in [7, 11) is 1.33. The van der Waals surface area contributed by atoms with Crippen LogP contribution in [0.1, 0.15) is 40.0 Å². The fourth-order valence-electron chi connectivity index (χ4n) is 3.71. The summed E-state index contributed by atoms with van der Waals surface area (Å²) >= 11 is 1.38. The van der Waals surface area contributed by atoms with Crippen LogP contribution in [0.3, 0.4) is 0 Å². The van der Waals surface area contributed by atoms with Gasteiger partial charge in [0.1, 0.15) is 5.25 Å². The highest BCUT2D eigenvalue weighted by Gasteiger charge is 2.36. The summed E-state index contributed by atoms with van der Waals surface area (Å²) in [5, 5.41) is 18.8. The molecule has 0 saturated heterocycles. The van der Waals surface area contributed by atoms with Gasteiger partial charge in [-0.1, -0.05) is 32.9 Å². The third-order valence-corrected chi connectivity index (χ3v) is 6.69. The first kappa shape index (κ1) is 25.2. The Hall–Kier alpha value is -2.10. The van der Waals surface area contributed by atoms with E-state index in [4.69, 9.17) is 15.6 Å². The number of ether oxygens (including phenoxy) is 1. The first-order chi connectivity index (χ1) is 14.4. The predicted octanol–water partition coefficient (Wildman–Crippen LogP) is 2.27. The number of anilines is 1.